The van der Waals surface area contributed by atoms with Crippen molar-refractivity contribution in [1.29, 1.82) is 0 Å². The second kappa shape index (κ2) is 8.73. The lowest BCUT2D eigenvalue weighted by Crippen LogP contribution is -2.04. The summed E-state index contributed by atoms with van der Waals surface area (Å²) in [6.45, 7) is 2.77. The molecule has 186 valence electrons. The third kappa shape index (κ3) is 3.94. The Bertz CT molecular complexity index is 1600. The molecular weight excluding hydrogens is 472 g/mol. The molecular formula is C34H26O4. The summed E-state index contributed by atoms with van der Waals surface area (Å²) in [5.41, 5.74) is 4.53. The van der Waals surface area contributed by atoms with E-state index in [4.69, 9.17) is 18.9 Å². The van der Waals surface area contributed by atoms with Crippen molar-refractivity contribution >= 4 is 32.3 Å². The molecule has 0 saturated carbocycles. The topological polar surface area (TPSA) is 43.5 Å². The highest BCUT2D eigenvalue weighted by Crippen LogP contribution is 2.42. The van der Waals surface area contributed by atoms with Gasteiger partial charge in [-0.05, 0) is 79.8 Å². The molecule has 0 spiro atoms. The zero-order chi connectivity index (χ0) is 25.1. The summed E-state index contributed by atoms with van der Waals surface area (Å²) in [6.07, 6.45) is 0.452. The molecule has 38 heavy (non-hydrogen) atoms. The number of rotatable bonds is 8. The first kappa shape index (κ1) is 21.9. The fourth-order valence-electron chi connectivity index (χ4n) is 5.50. The first-order chi connectivity index (χ1) is 18.8. The van der Waals surface area contributed by atoms with E-state index < -0.39 is 0 Å². The van der Waals surface area contributed by atoms with Crippen LogP contribution in [0.1, 0.15) is 0 Å². The first-order valence-corrected chi connectivity index (χ1v) is 13.2. The Hall–Kier alpha value is -4.12. The van der Waals surface area contributed by atoms with Gasteiger partial charge in [-0.2, -0.15) is 0 Å². The molecule has 0 bridgehead atoms. The predicted molar refractivity (Wildman–Crippen MR) is 151 cm³/mol. The fourth-order valence-corrected chi connectivity index (χ4v) is 5.50. The summed E-state index contributed by atoms with van der Waals surface area (Å²) in [6, 6.07) is 34.7. The maximum atomic E-state index is 6.12. The van der Waals surface area contributed by atoms with Gasteiger partial charge in [-0.25, -0.2) is 0 Å². The van der Waals surface area contributed by atoms with Gasteiger partial charge in [0.1, 0.15) is 36.9 Å². The lowest BCUT2D eigenvalue weighted by atomic mass is 9.89. The molecule has 0 amide bonds. The number of hydrogen-bond acceptors (Lipinski definition) is 4. The molecule has 2 fully saturated rings. The highest BCUT2D eigenvalue weighted by atomic mass is 16.6. The zero-order valence-electron chi connectivity index (χ0n) is 20.9. The molecule has 2 aliphatic heterocycles. The average Bonchev–Trinajstić information content (AvgIpc) is 3.89. The summed E-state index contributed by atoms with van der Waals surface area (Å²) in [4.78, 5) is 0. The molecule has 8 rings (SSSR count). The summed E-state index contributed by atoms with van der Waals surface area (Å²) < 4.78 is 22.9. The molecule has 2 saturated heterocycles. The van der Waals surface area contributed by atoms with E-state index in [-0.39, 0.29) is 12.2 Å². The van der Waals surface area contributed by atoms with Crippen LogP contribution in [-0.2, 0) is 9.47 Å². The van der Waals surface area contributed by atoms with Crippen molar-refractivity contribution in [3.63, 3.8) is 0 Å². The van der Waals surface area contributed by atoms with Gasteiger partial charge in [-0.15, -0.1) is 0 Å². The Labute approximate surface area is 220 Å². The lowest BCUT2D eigenvalue weighted by molar-refractivity contribution is 0.264. The van der Waals surface area contributed by atoms with E-state index in [9.17, 15) is 0 Å². The Balaban J connectivity index is 1.23. The molecule has 2 unspecified atom stereocenters. The van der Waals surface area contributed by atoms with E-state index >= 15 is 0 Å². The molecule has 4 heteroatoms. The van der Waals surface area contributed by atoms with Crippen LogP contribution in [0.2, 0.25) is 0 Å². The number of epoxide rings is 2. The molecule has 0 radical (unpaired) electrons. The molecule has 6 aromatic rings. The van der Waals surface area contributed by atoms with E-state index in [1.54, 1.807) is 0 Å². The number of ether oxygens (including phenoxy) is 4. The van der Waals surface area contributed by atoms with Crippen LogP contribution in [-0.4, -0.2) is 38.6 Å². The Morgan fingerprint density at radius 2 is 0.895 bits per heavy atom. The van der Waals surface area contributed by atoms with Gasteiger partial charge in [0.2, 0.25) is 0 Å². The molecule has 4 nitrogen and oxygen atoms in total. The van der Waals surface area contributed by atoms with Gasteiger partial charge in [-0.1, -0.05) is 60.7 Å². The summed E-state index contributed by atoms with van der Waals surface area (Å²) in [5.74, 6) is 1.80. The minimum Gasteiger partial charge on any atom is -0.490 e. The Morgan fingerprint density at radius 3 is 1.26 bits per heavy atom. The van der Waals surface area contributed by atoms with E-state index in [1.807, 2.05) is 24.3 Å². The van der Waals surface area contributed by atoms with Crippen LogP contribution in [0, 0.1) is 0 Å². The SMILES string of the molecule is c1ccc(-c2cc3ccc4cc(-c5ccccc5OCC5CO5)cc5ccc(c2)c3c45)c(OCC2CO2)c1. The number of para-hydroxylation sites is 2. The quantitative estimate of drug-likeness (QED) is 0.161. The standard InChI is InChI=1S/C34H26O4/c1-3-7-31(37-19-27-17-35-27)29(5-1)25-13-21-9-11-23-15-26(16-24-12-10-22(14-25)33(21)34(23)24)30-6-2-4-8-32(30)38-20-28-18-36-28/h1-16,27-28H,17-20H2. The minimum atomic E-state index is 0.226. The van der Waals surface area contributed by atoms with Crippen LogP contribution < -0.4 is 9.47 Å². The van der Waals surface area contributed by atoms with Crippen molar-refractivity contribution in [2.75, 3.05) is 26.4 Å². The van der Waals surface area contributed by atoms with Gasteiger partial charge in [-0.3, -0.25) is 0 Å². The van der Waals surface area contributed by atoms with Crippen molar-refractivity contribution in [2.45, 2.75) is 12.2 Å². The molecule has 6 aromatic carbocycles. The highest BCUT2D eigenvalue weighted by Gasteiger charge is 2.24. The predicted octanol–water partition coefficient (Wildman–Crippen LogP) is 7.47. The van der Waals surface area contributed by atoms with Gasteiger partial charge >= 0.3 is 0 Å². The fraction of sp³-hybridized carbons (Fsp3) is 0.176. The van der Waals surface area contributed by atoms with Crippen molar-refractivity contribution in [3.05, 3.63) is 97.1 Å². The number of benzene rings is 6. The van der Waals surface area contributed by atoms with E-state index in [0.717, 1.165) is 47.0 Å². The average molecular weight is 499 g/mol. The van der Waals surface area contributed by atoms with E-state index in [2.05, 4.69) is 72.8 Å². The minimum absolute atomic E-state index is 0.226. The molecule has 2 atom stereocenters. The van der Waals surface area contributed by atoms with Crippen molar-refractivity contribution in [2.24, 2.45) is 0 Å². The van der Waals surface area contributed by atoms with Crippen molar-refractivity contribution in [3.8, 4) is 33.8 Å². The van der Waals surface area contributed by atoms with Crippen LogP contribution >= 0.6 is 0 Å². The Morgan fingerprint density at radius 1 is 0.526 bits per heavy atom. The monoisotopic (exact) mass is 498 g/mol. The third-order valence-electron chi connectivity index (χ3n) is 7.58. The maximum Gasteiger partial charge on any atom is 0.127 e. The van der Waals surface area contributed by atoms with Gasteiger partial charge in [0.15, 0.2) is 0 Å². The highest BCUT2D eigenvalue weighted by molar-refractivity contribution is 6.24. The third-order valence-corrected chi connectivity index (χ3v) is 7.58. The van der Waals surface area contributed by atoms with Crippen LogP contribution in [0.3, 0.4) is 0 Å². The molecule has 0 aromatic heterocycles. The second-order valence-electron chi connectivity index (χ2n) is 10.3. The summed E-state index contributed by atoms with van der Waals surface area (Å²) in [5, 5.41) is 7.54. The Kier molecular flexibility index (Phi) is 5.03. The summed E-state index contributed by atoms with van der Waals surface area (Å²) >= 11 is 0. The largest absolute Gasteiger partial charge is 0.490 e. The normalized spacial score (nSPS) is 18.3. The van der Waals surface area contributed by atoms with Gasteiger partial charge < -0.3 is 18.9 Å². The molecule has 2 heterocycles. The van der Waals surface area contributed by atoms with Crippen molar-refractivity contribution < 1.29 is 18.9 Å². The number of hydrogen-bond donors (Lipinski definition) is 0. The second-order valence-corrected chi connectivity index (χ2v) is 10.3. The first-order valence-electron chi connectivity index (χ1n) is 13.2. The van der Waals surface area contributed by atoms with Crippen LogP contribution in [0.15, 0.2) is 97.1 Å². The molecule has 0 N–H and O–H groups in total. The van der Waals surface area contributed by atoms with E-state index in [0.29, 0.717) is 13.2 Å². The van der Waals surface area contributed by atoms with Gasteiger partial charge in [0, 0.05) is 11.1 Å². The summed E-state index contributed by atoms with van der Waals surface area (Å²) in [7, 11) is 0. The van der Waals surface area contributed by atoms with Crippen LogP contribution in [0.5, 0.6) is 11.5 Å². The molecule has 0 aliphatic carbocycles. The van der Waals surface area contributed by atoms with Crippen LogP contribution in [0.4, 0.5) is 0 Å². The molecule has 2 aliphatic rings. The zero-order valence-corrected chi connectivity index (χ0v) is 20.9. The van der Waals surface area contributed by atoms with Gasteiger partial charge in [0.25, 0.3) is 0 Å². The van der Waals surface area contributed by atoms with E-state index in [1.165, 1.54) is 32.3 Å². The van der Waals surface area contributed by atoms with Crippen molar-refractivity contribution in [1.82, 2.24) is 0 Å². The lowest BCUT2D eigenvalue weighted by Gasteiger charge is -2.17. The maximum absolute atomic E-state index is 6.12. The van der Waals surface area contributed by atoms with Gasteiger partial charge in [0.05, 0.1) is 13.2 Å². The van der Waals surface area contributed by atoms with Crippen LogP contribution in [0.25, 0.3) is 54.6 Å². The smallest absolute Gasteiger partial charge is 0.127 e.